The minimum atomic E-state index is -0.438. The maximum atomic E-state index is 11.5. The lowest BCUT2D eigenvalue weighted by atomic mass is 9.97. The molecule has 0 bridgehead atoms. The number of esters is 1. The van der Waals surface area contributed by atoms with Crippen molar-refractivity contribution in [2.24, 2.45) is 11.3 Å². The smallest absolute Gasteiger partial charge is 0.311 e. The molecule has 3 heteroatoms. The van der Waals surface area contributed by atoms with Crippen LogP contribution in [0.15, 0.2) is 0 Å². The lowest BCUT2D eigenvalue weighted by Crippen LogP contribution is -2.29. The van der Waals surface area contributed by atoms with Crippen LogP contribution < -0.4 is 0 Å². The summed E-state index contributed by atoms with van der Waals surface area (Å²) in [6, 6.07) is 0. The summed E-state index contributed by atoms with van der Waals surface area (Å²) in [4.78, 5) is 11.5. The third-order valence-corrected chi connectivity index (χ3v) is 1.72. The Balaban J connectivity index is 3.75. The Morgan fingerprint density at radius 1 is 1.13 bits per heavy atom. The molecule has 0 saturated heterocycles. The second-order valence-corrected chi connectivity index (χ2v) is 5.40. The van der Waals surface area contributed by atoms with Crippen molar-refractivity contribution in [1.82, 2.24) is 0 Å². The minimum absolute atomic E-state index is 0.171. The molecular formula is C12H24O3. The lowest BCUT2D eigenvalue weighted by molar-refractivity contribution is -0.160. The highest BCUT2D eigenvalue weighted by Crippen LogP contribution is 2.16. The summed E-state index contributed by atoms with van der Waals surface area (Å²) in [5, 5.41) is 0. The van der Waals surface area contributed by atoms with Gasteiger partial charge in [-0.05, 0) is 33.6 Å². The van der Waals surface area contributed by atoms with Crippen LogP contribution >= 0.6 is 0 Å². The van der Waals surface area contributed by atoms with Crippen molar-refractivity contribution >= 4 is 5.97 Å². The monoisotopic (exact) mass is 216 g/mol. The number of hydrogen-bond donors (Lipinski definition) is 0. The van der Waals surface area contributed by atoms with Crippen LogP contribution in [0.2, 0.25) is 0 Å². The molecule has 3 nitrogen and oxygen atoms in total. The van der Waals surface area contributed by atoms with Gasteiger partial charge in [0, 0.05) is 6.61 Å². The Morgan fingerprint density at radius 2 is 1.67 bits per heavy atom. The Labute approximate surface area is 93.1 Å². The van der Waals surface area contributed by atoms with E-state index in [4.69, 9.17) is 9.47 Å². The van der Waals surface area contributed by atoms with Crippen molar-refractivity contribution in [1.29, 1.82) is 0 Å². The highest BCUT2D eigenvalue weighted by Gasteiger charge is 2.24. The molecule has 0 fully saturated rings. The summed E-state index contributed by atoms with van der Waals surface area (Å²) in [6.07, 6.45) is -0.171. The van der Waals surface area contributed by atoms with Crippen LogP contribution in [-0.2, 0) is 14.3 Å². The first-order valence-electron chi connectivity index (χ1n) is 5.52. The molecule has 0 aromatic heterocycles. The van der Waals surface area contributed by atoms with Crippen LogP contribution in [0.4, 0.5) is 0 Å². The molecule has 1 unspecified atom stereocenters. The maximum Gasteiger partial charge on any atom is 0.311 e. The molecule has 0 aliphatic rings. The van der Waals surface area contributed by atoms with Gasteiger partial charge in [-0.25, -0.2) is 0 Å². The summed E-state index contributed by atoms with van der Waals surface area (Å²) < 4.78 is 10.6. The second kappa shape index (κ2) is 6.11. The number of rotatable bonds is 5. The van der Waals surface area contributed by atoms with Gasteiger partial charge in [-0.1, -0.05) is 13.8 Å². The Morgan fingerprint density at radius 3 is 2.07 bits per heavy atom. The van der Waals surface area contributed by atoms with Gasteiger partial charge in [0.05, 0.1) is 12.0 Å². The summed E-state index contributed by atoms with van der Waals surface area (Å²) in [7, 11) is 0. The summed E-state index contributed by atoms with van der Waals surface area (Å²) in [6.45, 7) is 12.7. The van der Waals surface area contributed by atoms with Gasteiger partial charge in [0.2, 0.25) is 0 Å². The zero-order chi connectivity index (χ0) is 12.1. The summed E-state index contributed by atoms with van der Waals surface area (Å²) >= 11 is 0. The first-order valence-corrected chi connectivity index (χ1v) is 5.52. The molecule has 1 atom stereocenters. The highest BCUT2D eigenvalue weighted by molar-refractivity contribution is 5.75. The molecule has 0 N–H and O–H groups in total. The van der Waals surface area contributed by atoms with Gasteiger partial charge in [-0.15, -0.1) is 0 Å². The van der Waals surface area contributed by atoms with Crippen LogP contribution in [0.1, 0.15) is 41.5 Å². The standard InChI is InChI=1S/C12H24O3/c1-9(2)7-14-8-10(3)15-11(13)12(4,5)6/h9-10H,7-8H2,1-6H3. The second-order valence-electron chi connectivity index (χ2n) is 5.40. The van der Waals surface area contributed by atoms with E-state index in [-0.39, 0.29) is 12.1 Å². The van der Waals surface area contributed by atoms with E-state index in [9.17, 15) is 4.79 Å². The average Bonchev–Trinajstić information content (AvgIpc) is 2.01. The zero-order valence-corrected chi connectivity index (χ0v) is 10.8. The van der Waals surface area contributed by atoms with Crippen molar-refractivity contribution in [3.63, 3.8) is 0 Å². The Bertz CT molecular complexity index is 192. The summed E-state index contributed by atoms with van der Waals surface area (Å²) in [5.41, 5.74) is -0.438. The van der Waals surface area contributed by atoms with Crippen molar-refractivity contribution in [3.8, 4) is 0 Å². The van der Waals surface area contributed by atoms with E-state index in [1.165, 1.54) is 0 Å². The molecule has 0 aromatic carbocycles. The molecule has 0 aromatic rings. The first-order chi connectivity index (χ1) is 6.73. The maximum absolute atomic E-state index is 11.5. The van der Waals surface area contributed by atoms with E-state index in [0.29, 0.717) is 19.1 Å². The van der Waals surface area contributed by atoms with Crippen LogP contribution in [-0.4, -0.2) is 25.3 Å². The van der Waals surface area contributed by atoms with Gasteiger partial charge in [0.15, 0.2) is 0 Å². The van der Waals surface area contributed by atoms with Gasteiger partial charge < -0.3 is 9.47 Å². The fourth-order valence-electron chi connectivity index (χ4n) is 0.863. The first kappa shape index (κ1) is 14.4. The average molecular weight is 216 g/mol. The highest BCUT2D eigenvalue weighted by atomic mass is 16.6. The predicted octanol–water partition coefficient (Wildman–Crippen LogP) is 2.64. The van der Waals surface area contributed by atoms with E-state index >= 15 is 0 Å². The molecule has 0 radical (unpaired) electrons. The predicted molar refractivity (Wildman–Crippen MR) is 60.7 cm³/mol. The molecule has 0 spiro atoms. The Hall–Kier alpha value is -0.570. The van der Waals surface area contributed by atoms with Gasteiger partial charge >= 0.3 is 5.97 Å². The molecule has 0 saturated carbocycles. The van der Waals surface area contributed by atoms with Crippen molar-refractivity contribution < 1.29 is 14.3 Å². The molecular weight excluding hydrogens is 192 g/mol. The zero-order valence-electron chi connectivity index (χ0n) is 10.8. The van der Waals surface area contributed by atoms with Gasteiger partial charge in [-0.3, -0.25) is 4.79 Å². The molecule has 0 aliphatic heterocycles. The largest absolute Gasteiger partial charge is 0.460 e. The molecule has 0 aliphatic carbocycles. The number of ether oxygens (including phenoxy) is 2. The van der Waals surface area contributed by atoms with E-state index in [1.54, 1.807) is 0 Å². The number of carbonyl (C=O) groups excluding carboxylic acids is 1. The van der Waals surface area contributed by atoms with Crippen molar-refractivity contribution in [2.45, 2.75) is 47.6 Å². The van der Waals surface area contributed by atoms with E-state index in [1.807, 2.05) is 27.7 Å². The van der Waals surface area contributed by atoms with E-state index in [0.717, 1.165) is 0 Å². The SMILES string of the molecule is CC(C)COCC(C)OC(=O)C(C)(C)C. The molecule has 0 rings (SSSR count). The van der Waals surface area contributed by atoms with Gasteiger partial charge in [0.1, 0.15) is 6.10 Å². The molecule has 0 heterocycles. The van der Waals surface area contributed by atoms with Gasteiger partial charge in [0.25, 0.3) is 0 Å². The van der Waals surface area contributed by atoms with Crippen LogP contribution in [0.3, 0.4) is 0 Å². The third-order valence-electron chi connectivity index (χ3n) is 1.72. The quantitative estimate of drug-likeness (QED) is 0.663. The van der Waals surface area contributed by atoms with Crippen LogP contribution in [0, 0.1) is 11.3 Å². The number of carbonyl (C=O) groups is 1. The molecule has 90 valence electrons. The number of hydrogen-bond acceptors (Lipinski definition) is 3. The summed E-state index contributed by atoms with van der Waals surface area (Å²) in [5.74, 6) is 0.332. The van der Waals surface area contributed by atoms with Crippen molar-refractivity contribution in [2.75, 3.05) is 13.2 Å². The van der Waals surface area contributed by atoms with E-state index < -0.39 is 5.41 Å². The molecule has 15 heavy (non-hydrogen) atoms. The topological polar surface area (TPSA) is 35.5 Å². The molecule has 0 amide bonds. The van der Waals surface area contributed by atoms with E-state index in [2.05, 4.69) is 13.8 Å². The Kier molecular flexibility index (Phi) is 5.88. The fraction of sp³-hybridized carbons (Fsp3) is 0.917. The lowest BCUT2D eigenvalue weighted by Gasteiger charge is -2.21. The van der Waals surface area contributed by atoms with Crippen LogP contribution in [0.25, 0.3) is 0 Å². The van der Waals surface area contributed by atoms with Gasteiger partial charge in [-0.2, -0.15) is 0 Å². The third kappa shape index (κ3) is 7.37. The van der Waals surface area contributed by atoms with Crippen molar-refractivity contribution in [3.05, 3.63) is 0 Å². The normalized spacial score (nSPS) is 14.1. The van der Waals surface area contributed by atoms with Crippen LogP contribution in [0.5, 0.6) is 0 Å². The fourth-order valence-corrected chi connectivity index (χ4v) is 0.863. The minimum Gasteiger partial charge on any atom is -0.460 e.